The van der Waals surface area contributed by atoms with Gasteiger partial charge in [0.1, 0.15) is 5.51 Å². The first-order valence-electron chi connectivity index (χ1n) is 8.36. The Bertz CT molecular complexity index is 1220. The van der Waals surface area contributed by atoms with Crippen molar-refractivity contribution in [2.75, 3.05) is 5.32 Å². The molecule has 27 heavy (non-hydrogen) atoms. The molecule has 0 aliphatic heterocycles. The van der Waals surface area contributed by atoms with Gasteiger partial charge in [-0.2, -0.15) is 10.2 Å². The molecule has 0 fully saturated rings. The van der Waals surface area contributed by atoms with Crippen molar-refractivity contribution in [1.82, 2.24) is 29.6 Å². The van der Waals surface area contributed by atoms with Crippen molar-refractivity contribution < 1.29 is 0 Å². The minimum absolute atomic E-state index is 0.771. The number of pyridine rings is 1. The first-order valence-corrected chi connectivity index (χ1v) is 9.24. The second-order valence-electron chi connectivity index (χ2n) is 6.16. The average molecular weight is 373 g/mol. The Morgan fingerprint density at radius 2 is 1.93 bits per heavy atom. The second-order valence-corrected chi connectivity index (χ2v) is 6.99. The Hall–Kier alpha value is -3.52. The number of anilines is 2. The summed E-state index contributed by atoms with van der Waals surface area (Å²) in [7, 11) is 1.91. The molecule has 1 N–H and O–H groups in total. The maximum absolute atomic E-state index is 4.54. The molecule has 7 nitrogen and oxygen atoms in total. The van der Waals surface area contributed by atoms with Crippen LogP contribution in [-0.2, 0) is 7.05 Å². The molecule has 132 valence electrons. The molecule has 0 unspecified atom stereocenters. The molecule has 4 heterocycles. The van der Waals surface area contributed by atoms with Crippen molar-refractivity contribution in [2.45, 2.75) is 0 Å². The van der Waals surface area contributed by atoms with Gasteiger partial charge in [0.2, 0.25) is 5.13 Å². The lowest BCUT2D eigenvalue weighted by molar-refractivity contribution is 0.768. The number of rotatable bonds is 4. The Balaban J connectivity index is 1.52. The monoisotopic (exact) mass is 373 g/mol. The molecule has 0 radical (unpaired) electrons. The summed E-state index contributed by atoms with van der Waals surface area (Å²) >= 11 is 1.47. The van der Waals surface area contributed by atoms with E-state index in [1.807, 2.05) is 48.5 Å². The number of fused-ring (bicyclic) bond motifs is 1. The predicted molar refractivity (Wildman–Crippen MR) is 106 cm³/mol. The quantitative estimate of drug-likeness (QED) is 0.515. The lowest BCUT2D eigenvalue weighted by Crippen LogP contribution is -1.90. The molecule has 0 aliphatic rings. The van der Waals surface area contributed by atoms with Crippen molar-refractivity contribution in [1.29, 1.82) is 0 Å². The van der Waals surface area contributed by atoms with Gasteiger partial charge in [0.25, 0.3) is 0 Å². The van der Waals surface area contributed by atoms with E-state index in [1.54, 1.807) is 10.2 Å². The molecule has 0 spiro atoms. The van der Waals surface area contributed by atoms with E-state index in [-0.39, 0.29) is 0 Å². The second kappa shape index (κ2) is 6.33. The molecule has 5 rings (SSSR count). The van der Waals surface area contributed by atoms with Crippen LogP contribution < -0.4 is 5.32 Å². The number of nitrogens with zero attached hydrogens (tertiary/aromatic N) is 6. The Morgan fingerprint density at radius 1 is 0.963 bits per heavy atom. The third-order valence-corrected chi connectivity index (χ3v) is 4.95. The predicted octanol–water partition coefficient (Wildman–Crippen LogP) is 4.00. The van der Waals surface area contributed by atoms with Gasteiger partial charge in [-0.05, 0) is 23.8 Å². The van der Waals surface area contributed by atoms with E-state index in [0.717, 1.165) is 38.6 Å². The van der Waals surface area contributed by atoms with Gasteiger partial charge in [-0.25, -0.2) is 4.52 Å². The summed E-state index contributed by atoms with van der Waals surface area (Å²) < 4.78 is 3.70. The summed E-state index contributed by atoms with van der Waals surface area (Å²) in [5.41, 5.74) is 8.04. The van der Waals surface area contributed by atoms with Crippen molar-refractivity contribution in [3.63, 3.8) is 0 Å². The smallest absolute Gasteiger partial charge is 0.209 e. The zero-order chi connectivity index (χ0) is 18.2. The molecule has 0 atom stereocenters. The summed E-state index contributed by atoms with van der Waals surface area (Å²) in [6.07, 6.45) is 7.77. The van der Waals surface area contributed by atoms with Crippen LogP contribution in [0.4, 0.5) is 10.8 Å². The van der Waals surface area contributed by atoms with E-state index in [1.165, 1.54) is 11.3 Å². The van der Waals surface area contributed by atoms with Crippen LogP contribution in [-0.4, -0.2) is 29.6 Å². The van der Waals surface area contributed by atoms with Gasteiger partial charge in [0.05, 0.1) is 17.9 Å². The molecular formula is C19H15N7S. The van der Waals surface area contributed by atoms with Crippen molar-refractivity contribution in [2.24, 2.45) is 7.05 Å². The molecule has 0 saturated carbocycles. The number of aryl methyl sites for hydroxylation is 1. The largest absolute Gasteiger partial charge is 0.330 e. The number of benzene rings is 1. The lowest BCUT2D eigenvalue weighted by Gasteiger charge is -2.05. The van der Waals surface area contributed by atoms with E-state index < -0.39 is 0 Å². The fourth-order valence-corrected chi connectivity index (χ4v) is 3.53. The fourth-order valence-electron chi connectivity index (χ4n) is 3.06. The Morgan fingerprint density at radius 3 is 2.74 bits per heavy atom. The molecule has 4 aromatic heterocycles. The maximum atomic E-state index is 4.54. The minimum atomic E-state index is 0.771. The maximum Gasteiger partial charge on any atom is 0.209 e. The highest BCUT2D eigenvalue weighted by atomic mass is 32.1. The highest BCUT2D eigenvalue weighted by Crippen LogP contribution is 2.29. The first-order chi connectivity index (χ1) is 13.3. The number of hydrogen-bond acceptors (Lipinski definition) is 6. The van der Waals surface area contributed by atoms with Gasteiger partial charge in [-0.15, -0.1) is 10.2 Å². The summed E-state index contributed by atoms with van der Waals surface area (Å²) in [6.45, 7) is 0. The van der Waals surface area contributed by atoms with Gasteiger partial charge in [0, 0.05) is 41.8 Å². The van der Waals surface area contributed by atoms with Crippen molar-refractivity contribution in [3.05, 3.63) is 66.7 Å². The number of hydrogen-bond donors (Lipinski definition) is 1. The summed E-state index contributed by atoms with van der Waals surface area (Å²) in [5.74, 6) is 0. The van der Waals surface area contributed by atoms with Crippen LogP contribution in [0.1, 0.15) is 0 Å². The minimum Gasteiger partial charge on any atom is -0.330 e. The van der Waals surface area contributed by atoms with Gasteiger partial charge in [-0.1, -0.05) is 29.5 Å². The zero-order valence-electron chi connectivity index (χ0n) is 14.4. The lowest BCUT2D eigenvalue weighted by atomic mass is 10.1. The van der Waals surface area contributed by atoms with Gasteiger partial charge < -0.3 is 5.32 Å². The molecule has 1 aromatic carbocycles. The number of aromatic nitrogens is 6. The van der Waals surface area contributed by atoms with E-state index >= 15 is 0 Å². The van der Waals surface area contributed by atoms with Crippen LogP contribution >= 0.6 is 11.3 Å². The van der Waals surface area contributed by atoms with Crippen molar-refractivity contribution in [3.8, 4) is 22.3 Å². The summed E-state index contributed by atoms with van der Waals surface area (Å²) in [6, 6.07) is 12.4. The zero-order valence-corrected chi connectivity index (χ0v) is 15.3. The standard InChI is InChI=1S/C19H15N7S/c1-25-10-15(8-21-25)14-5-6-18-17(9-22-26(18)11-14)13-3-2-4-16(7-13)23-19-24-20-12-27-19/h2-12H,1H3,(H,23,24). The summed E-state index contributed by atoms with van der Waals surface area (Å²) in [4.78, 5) is 0. The van der Waals surface area contributed by atoms with Crippen LogP contribution in [0.15, 0.2) is 66.7 Å². The van der Waals surface area contributed by atoms with E-state index in [4.69, 9.17) is 0 Å². The normalized spacial score (nSPS) is 11.1. The highest BCUT2D eigenvalue weighted by Gasteiger charge is 2.10. The topological polar surface area (TPSA) is 72.9 Å². The third-order valence-electron chi connectivity index (χ3n) is 4.34. The fraction of sp³-hybridized carbons (Fsp3) is 0.0526. The summed E-state index contributed by atoms with van der Waals surface area (Å²) in [5, 5.41) is 20.7. The van der Waals surface area contributed by atoms with Gasteiger partial charge in [0.15, 0.2) is 0 Å². The van der Waals surface area contributed by atoms with Crippen LogP contribution in [0.25, 0.3) is 27.8 Å². The third kappa shape index (κ3) is 2.96. The van der Waals surface area contributed by atoms with Gasteiger partial charge >= 0.3 is 0 Å². The number of nitrogens with one attached hydrogen (secondary N) is 1. The first kappa shape index (κ1) is 15.7. The van der Waals surface area contributed by atoms with E-state index in [2.05, 4.69) is 50.0 Å². The van der Waals surface area contributed by atoms with Crippen LogP contribution in [0.2, 0.25) is 0 Å². The van der Waals surface area contributed by atoms with Crippen LogP contribution in [0, 0.1) is 0 Å². The van der Waals surface area contributed by atoms with Crippen LogP contribution in [0.5, 0.6) is 0 Å². The molecule has 0 bridgehead atoms. The van der Waals surface area contributed by atoms with Crippen LogP contribution in [0.3, 0.4) is 0 Å². The van der Waals surface area contributed by atoms with Gasteiger partial charge in [-0.3, -0.25) is 4.68 Å². The van der Waals surface area contributed by atoms with E-state index in [0.29, 0.717) is 0 Å². The average Bonchev–Trinajstić information content (AvgIpc) is 3.42. The van der Waals surface area contributed by atoms with Crippen molar-refractivity contribution >= 4 is 27.7 Å². The molecule has 5 aromatic rings. The Kier molecular flexibility index (Phi) is 3.68. The van der Waals surface area contributed by atoms with E-state index in [9.17, 15) is 0 Å². The molecule has 0 amide bonds. The Labute approximate surface area is 158 Å². The molecule has 8 heteroatoms. The molecular weight excluding hydrogens is 358 g/mol. The molecule has 0 aliphatic carbocycles. The molecule has 0 saturated heterocycles. The highest BCUT2D eigenvalue weighted by molar-refractivity contribution is 7.13. The SMILES string of the molecule is Cn1cc(-c2ccc3c(-c4cccc(Nc5nncs5)c4)cnn3c2)cn1.